The Morgan fingerprint density at radius 3 is 1.39 bits per heavy atom. The van der Waals surface area contributed by atoms with E-state index < -0.39 is 25.9 Å². The number of nitrogens with one attached hydrogen (secondary N) is 3. The summed E-state index contributed by atoms with van der Waals surface area (Å²) in [5.74, 6) is -0.191. The van der Waals surface area contributed by atoms with Crippen LogP contribution in [0.3, 0.4) is 0 Å². The molecule has 18 nitrogen and oxygen atoms in total. The molecule has 0 aromatic carbocycles. The van der Waals surface area contributed by atoms with Crippen LogP contribution in [-0.4, -0.2) is 109 Å². The monoisotopic (exact) mass is 1350 g/mol. The first kappa shape index (κ1) is 76.0. The number of pyridine rings is 5. The van der Waals surface area contributed by atoms with Crippen molar-refractivity contribution in [2.75, 3.05) is 32.1 Å². The number of amides is 3. The van der Waals surface area contributed by atoms with Crippen molar-refractivity contribution in [3.8, 4) is 34.2 Å². The van der Waals surface area contributed by atoms with Crippen molar-refractivity contribution in [1.29, 1.82) is 0 Å². The first-order valence-electron chi connectivity index (χ1n) is 32.6. The second kappa shape index (κ2) is 47.4. The zero-order valence-corrected chi connectivity index (χ0v) is 56.1. The van der Waals surface area contributed by atoms with Crippen LogP contribution < -0.4 is 16.0 Å². The number of hydrogen-bond acceptors (Lipinski definition) is 15. The normalized spacial score (nSPS) is 15.4. The molecule has 2 fully saturated rings. The molecular formula is C68H99N8O10PRuS+2. The van der Waals surface area contributed by atoms with Crippen LogP contribution in [-0.2, 0) is 56.9 Å². The standard InChI is InChI=1S/C43H80N3O10PS.C15H11N3.C10H8N2.Ru/c1-3-5-7-9-11-13-15-17-19-21-23-29-40(48)53-33-36(34-54-41(49)30-24-22-20-18-16-14-12-10-8-6-4-2)56-57(51,52)55-32-31-44-39(47)28-26-25-27-38-42-37(35-58-38)45-43(50)46-42;1-3-10-16-12(6-1)14-8-5-9-15(18-14)13-7-2-4-11-17-13;1-3-7-11-9(5-1)10-6-2-4-8-12-10;/h36-38,42H,3-35H2,1-2H3,(H,44,47)(H,51,52)(H2,45,46,50);1-11H;1-8H;/q;;;+2. The number of urea groups is 1. The van der Waals surface area contributed by atoms with E-state index in [-0.39, 0.29) is 82.7 Å². The summed E-state index contributed by atoms with van der Waals surface area (Å²) in [6, 6.07) is 29.3. The molecule has 0 spiro atoms. The number of phosphoric ester groups is 1. The van der Waals surface area contributed by atoms with Crippen LogP contribution in [0.5, 0.6) is 0 Å². The molecule has 0 radical (unpaired) electrons. The predicted molar refractivity (Wildman–Crippen MR) is 350 cm³/mol. The number of hydrogen-bond donors (Lipinski definition) is 4. The van der Waals surface area contributed by atoms with Crippen LogP contribution in [0.2, 0.25) is 0 Å². The van der Waals surface area contributed by atoms with Crippen LogP contribution >= 0.6 is 19.6 Å². The van der Waals surface area contributed by atoms with Crippen molar-refractivity contribution >= 4 is 43.5 Å². The summed E-state index contributed by atoms with van der Waals surface area (Å²) < 4.78 is 34.0. The Labute approximate surface area is 547 Å². The van der Waals surface area contributed by atoms with Gasteiger partial charge in [-0.05, 0) is 86.3 Å². The van der Waals surface area contributed by atoms with E-state index in [1.807, 2.05) is 103 Å². The molecule has 7 rings (SSSR count). The topological polar surface area (TPSA) is 243 Å². The molecule has 0 saturated carbocycles. The third kappa shape index (κ3) is 34.0. The Morgan fingerprint density at radius 1 is 0.562 bits per heavy atom. The number of esters is 2. The molecule has 4 unspecified atom stereocenters. The van der Waals surface area contributed by atoms with Crippen molar-refractivity contribution < 1.29 is 66.6 Å². The minimum absolute atomic E-state index is 0. The molecule has 3 amide bonds. The van der Waals surface area contributed by atoms with Crippen molar-refractivity contribution in [1.82, 2.24) is 40.9 Å². The molecular weight excluding hydrogens is 1250 g/mol. The van der Waals surface area contributed by atoms with Gasteiger partial charge in [0.05, 0.1) is 52.9 Å². The maximum atomic E-state index is 12.8. The van der Waals surface area contributed by atoms with Gasteiger partial charge in [0.25, 0.3) is 0 Å². The quantitative estimate of drug-likeness (QED) is 0.00933. The van der Waals surface area contributed by atoms with Gasteiger partial charge in [-0.25, -0.2) is 14.3 Å². The summed E-state index contributed by atoms with van der Waals surface area (Å²) in [4.78, 5) is 81.0. The van der Waals surface area contributed by atoms with Gasteiger partial charge in [0.2, 0.25) is 5.91 Å². The van der Waals surface area contributed by atoms with Crippen LogP contribution in [0.15, 0.2) is 116 Å². The van der Waals surface area contributed by atoms with Crippen molar-refractivity contribution in [2.45, 2.75) is 217 Å². The summed E-state index contributed by atoms with van der Waals surface area (Å²) in [6.45, 7) is 3.44. The van der Waals surface area contributed by atoms with E-state index in [9.17, 15) is 28.6 Å². The first-order chi connectivity index (χ1) is 43.0. The third-order valence-corrected chi connectivity index (χ3v) is 17.6. The Bertz CT molecular complexity index is 2580. The number of unbranched alkanes of at least 4 members (excludes halogenated alkanes) is 21. The molecule has 7 heterocycles. The zero-order valence-electron chi connectivity index (χ0n) is 52.7. The first-order valence-corrected chi connectivity index (χ1v) is 35.1. The maximum Gasteiger partial charge on any atom is 2.00 e. The Kier molecular flexibility index (Phi) is 40.5. The van der Waals surface area contributed by atoms with Crippen LogP contribution in [0, 0.1) is 0 Å². The molecule has 2 saturated heterocycles. The Balaban J connectivity index is 0.000000433. The van der Waals surface area contributed by atoms with Gasteiger partial charge in [-0.2, -0.15) is 11.8 Å². The van der Waals surface area contributed by atoms with Crippen LogP contribution in [0.1, 0.15) is 194 Å². The average molecular weight is 1350 g/mol. The van der Waals surface area contributed by atoms with Crippen molar-refractivity contribution in [3.63, 3.8) is 0 Å². The molecule has 21 heteroatoms. The fourth-order valence-electron chi connectivity index (χ4n) is 10.2. The minimum Gasteiger partial charge on any atom is -0.463 e. The van der Waals surface area contributed by atoms with Gasteiger partial charge in [0.15, 0.2) is 0 Å². The fourth-order valence-corrected chi connectivity index (χ4v) is 12.6. The van der Waals surface area contributed by atoms with Crippen LogP contribution in [0.4, 0.5) is 4.79 Å². The van der Waals surface area contributed by atoms with E-state index in [0.717, 1.165) is 91.3 Å². The third-order valence-electron chi connectivity index (χ3n) is 15.1. The number of aromatic nitrogens is 5. The average Bonchev–Trinajstić information content (AvgIpc) is 4.36. The smallest absolute Gasteiger partial charge is 0.463 e. The fraction of sp³-hybridized carbons (Fsp3) is 0.574. The maximum absolute atomic E-state index is 12.8. The van der Waals surface area contributed by atoms with Crippen molar-refractivity contribution in [2.24, 2.45) is 0 Å². The van der Waals surface area contributed by atoms with Crippen molar-refractivity contribution in [3.05, 3.63) is 116 Å². The molecule has 4 atom stereocenters. The second-order valence-corrected chi connectivity index (χ2v) is 25.1. The van der Waals surface area contributed by atoms with Gasteiger partial charge in [-0.15, -0.1) is 0 Å². The molecule has 2 aliphatic rings. The number of nitrogens with zero attached hydrogens (tertiary/aromatic N) is 5. The molecule has 2 aliphatic heterocycles. The number of carbonyl (C=O) groups is 4. The number of ether oxygens (including phenoxy) is 2. The van der Waals surface area contributed by atoms with E-state index in [0.29, 0.717) is 30.9 Å². The van der Waals surface area contributed by atoms with E-state index in [1.165, 1.54) is 89.9 Å². The molecule has 488 valence electrons. The summed E-state index contributed by atoms with van der Waals surface area (Å²) >= 11 is 1.84. The number of fused-ring (bicyclic) bond motifs is 1. The van der Waals surface area contributed by atoms with E-state index in [4.69, 9.17) is 18.5 Å². The predicted octanol–water partition coefficient (Wildman–Crippen LogP) is 15.2. The number of phosphoric acid groups is 1. The number of thioether (sulfide) groups is 1. The summed E-state index contributed by atoms with van der Waals surface area (Å²) in [7, 11) is -4.65. The Hall–Kier alpha value is -5.49. The number of rotatable bonds is 42. The molecule has 89 heavy (non-hydrogen) atoms. The summed E-state index contributed by atoms with van der Waals surface area (Å²) in [5, 5.41) is 8.93. The summed E-state index contributed by atoms with van der Waals surface area (Å²) in [6.07, 6.45) is 34.7. The Morgan fingerprint density at radius 2 is 0.966 bits per heavy atom. The zero-order chi connectivity index (χ0) is 62.5. The molecule has 0 aliphatic carbocycles. The van der Waals surface area contributed by atoms with Gasteiger partial charge < -0.3 is 30.3 Å². The van der Waals surface area contributed by atoms with Gasteiger partial charge in [-0.1, -0.05) is 179 Å². The summed E-state index contributed by atoms with van der Waals surface area (Å²) in [5.41, 5.74) is 5.29. The molecule has 0 bridgehead atoms. The molecule has 4 N–H and O–H groups in total. The van der Waals surface area contributed by atoms with Gasteiger partial charge in [0, 0.05) is 61.6 Å². The number of carbonyl (C=O) groups excluding carboxylic acids is 4. The van der Waals surface area contributed by atoms with E-state index in [1.54, 1.807) is 24.8 Å². The van der Waals surface area contributed by atoms with Gasteiger partial charge in [0.1, 0.15) is 19.3 Å². The second-order valence-electron chi connectivity index (χ2n) is 22.5. The van der Waals surface area contributed by atoms with E-state index >= 15 is 0 Å². The van der Waals surface area contributed by atoms with Crippen LogP contribution in [0.25, 0.3) is 34.2 Å². The van der Waals surface area contributed by atoms with Gasteiger partial charge in [-0.3, -0.25) is 43.4 Å². The minimum atomic E-state index is -4.65. The SMILES string of the molecule is CCCCCCCCCCCCCC(=O)OCC(COC(=O)CCCCCCCCCCCCC)OP(=O)(O)OCCNC(=O)CCCCC1SCC2NC(=O)NC21.[Ru+2].c1ccc(-c2cccc(-c3ccccn3)n2)nc1.c1ccc(-c2ccccn2)nc1. The largest absolute Gasteiger partial charge is 2.00 e. The van der Waals surface area contributed by atoms with Gasteiger partial charge >= 0.3 is 45.3 Å². The molecule has 5 aromatic rings. The van der Waals surface area contributed by atoms with E-state index in [2.05, 4.69) is 54.7 Å². The molecule has 5 aromatic heterocycles.